The number of hydrogen-bond donors (Lipinski definition) is 1. The summed E-state index contributed by atoms with van der Waals surface area (Å²) in [5.41, 5.74) is 7.18. The highest BCUT2D eigenvalue weighted by Crippen LogP contribution is 2.19. The molecule has 2 rings (SSSR count). The molecule has 0 saturated heterocycles. The molecular weight excluding hydrogens is 256 g/mol. The molecular formula is C14H18N4O2. The van der Waals surface area contributed by atoms with Crippen LogP contribution in [0, 0.1) is 0 Å². The molecule has 6 heteroatoms. The highest BCUT2D eigenvalue weighted by molar-refractivity contribution is 5.78. The van der Waals surface area contributed by atoms with Crippen LogP contribution in [-0.2, 0) is 22.7 Å². The number of benzene rings is 1. The van der Waals surface area contributed by atoms with Gasteiger partial charge in [0.15, 0.2) is 12.4 Å². The van der Waals surface area contributed by atoms with Crippen LogP contribution in [0.1, 0.15) is 31.2 Å². The molecule has 20 heavy (non-hydrogen) atoms. The molecule has 1 aromatic heterocycles. The largest absolute Gasteiger partial charge is 0.457 e. The second-order valence-corrected chi connectivity index (χ2v) is 4.49. The van der Waals surface area contributed by atoms with Gasteiger partial charge in [0.25, 0.3) is 0 Å². The summed E-state index contributed by atoms with van der Waals surface area (Å²) in [5.74, 6) is -0.0293. The van der Waals surface area contributed by atoms with E-state index in [0.717, 1.165) is 5.56 Å². The monoisotopic (exact) mass is 274 g/mol. The maximum Gasteiger partial charge on any atom is 0.313 e. The van der Waals surface area contributed by atoms with Gasteiger partial charge in [-0.2, -0.15) is 5.10 Å². The lowest BCUT2D eigenvalue weighted by Crippen LogP contribution is -2.15. The van der Waals surface area contributed by atoms with Crippen LogP contribution in [0.4, 0.5) is 5.69 Å². The molecule has 6 nitrogen and oxygen atoms in total. The molecule has 1 aromatic carbocycles. The number of carbonyl (C=O) groups is 1. The van der Waals surface area contributed by atoms with Crippen LogP contribution in [0.2, 0.25) is 0 Å². The molecule has 0 fully saturated rings. The lowest BCUT2D eigenvalue weighted by Gasteiger charge is -2.12. The number of nitrogens with two attached hydrogens (primary N) is 1. The molecule has 2 aromatic rings. The third-order valence-corrected chi connectivity index (χ3v) is 3.10. The Hall–Kier alpha value is -2.37. The van der Waals surface area contributed by atoms with Crippen molar-refractivity contribution in [3.63, 3.8) is 0 Å². The minimum Gasteiger partial charge on any atom is -0.457 e. The van der Waals surface area contributed by atoms with Crippen molar-refractivity contribution >= 4 is 11.7 Å². The topological polar surface area (TPSA) is 83.0 Å². The van der Waals surface area contributed by atoms with E-state index in [-0.39, 0.29) is 18.5 Å². The molecule has 1 atom stereocenters. The second-order valence-electron chi connectivity index (χ2n) is 4.49. The Bertz CT molecular complexity index is 594. The van der Waals surface area contributed by atoms with Gasteiger partial charge in [-0.3, -0.25) is 4.79 Å². The van der Waals surface area contributed by atoms with Gasteiger partial charge in [0.05, 0.1) is 5.92 Å². The van der Waals surface area contributed by atoms with Gasteiger partial charge in [0, 0.05) is 12.2 Å². The first-order valence-corrected chi connectivity index (χ1v) is 6.50. The zero-order valence-electron chi connectivity index (χ0n) is 11.6. The summed E-state index contributed by atoms with van der Waals surface area (Å²) in [6, 6.07) is 7.24. The minimum atomic E-state index is -0.364. The summed E-state index contributed by atoms with van der Waals surface area (Å²) >= 11 is 0. The Morgan fingerprint density at radius 3 is 3.00 bits per heavy atom. The van der Waals surface area contributed by atoms with Crippen LogP contribution < -0.4 is 5.73 Å². The first kappa shape index (κ1) is 14.0. The third-order valence-electron chi connectivity index (χ3n) is 3.10. The predicted molar refractivity (Wildman–Crippen MR) is 74.8 cm³/mol. The highest BCUT2D eigenvalue weighted by atomic mass is 16.5. The predicted octanol–water partition coefficient (Wildman–Crippen LogP) is 1.73. The quantitative estimate of drug-likeness (QED) is 0.663. The molecule has 106 valence electrons. The van der Waals surface area contributed by atoms with Gasteiger partial charge in [0.2, 0.25) is 0 Å². The molecule has 0 saturated carbocycles. The number of nitrogen functional groups attached to an aromatic ring is 1. The van der Waals surface area contributed by atoms with E-state index >= 15 is 0 Å². The molecule has 0 aliphatic rings. The highest BCUT2D eigenvalue weighted by Gasteiger charge is 2.18. The van der Waals surface area contributed by atoms with Crippen molar-refractivity contribution in [3.8, 4) is 0 Å². The van der Waals surface area contributed by atoms with Crippen LogP contribution >= 0.6 is 0 Å². The van der Waals surface area contributed by atoms with E-state index in [1.807, 2.05) is 19.1 Å². The SMILES string of the molecule is CCn1ncnc1COC(=O)C(C)c1cccc(N)c1. The van der Waals surface area contributed by atoms with Crippen molar-refractivity contribution in [1.82, 2.24) is 14.8 Å². The lowest BCUT2D eigenvalue weighted by molar-refractivity contribution is -0.146. The first-order valence-electron chi connectivity index (χ1n) is 6.50. The maximum atomic E-state index is 12.0. The Morgan fingerprint density at radius 2 is 2.30 bits per heavy atom. The number of aromatic nitrogens is 3. The Labute approximate surface area is 117 Å². The maximum absolute atomic E-state index is 12.0. The molecule has 0 aliphatic carbocycles. The zero-order valence-corrected chi connectivity index (χ0v) is 11.6. The van der Waals surface area contributed by atoms with Gasteiger partial charge in [-0.15, -0.1) is 0 Å². The summed E-state index contributed by atoms with van der Waals surface area (Å²) in [7, 11) is 0. The molecule has 1 unspecified atom stereocenters. The summed E-state index contributed by atoms with van der Waals surface area (Å²) in [4.78, 5) is 16.1. The summed E-state index contributed by atoms with van der Waals surface area (Å²) in [6.45, 7) is 4.56. The minimum absolute atomic E-state index is 0.124. The van der Waals surface area contributed by atoms with E-state index in [2.05, 4.69) is 10.1 Å². The van der Waals surface area contributed by atoms with Crippen molar-refractivity contribution in [2.45, 2.75) is 32.9 Å². The van der Waals surface area contributed by atoms with E-state index in [9.17, 15) is 4.79 Å². The number of nitrogens with zero attached hydrogens (tertiary/aromatic N) is 3. The molecule has 0 spiro atoms. The Morgan fingerprint density at radius 1 is 1.50 bits per heavy atom. The van der Waals surface area contributed by atoms with E-state index in [0.29, 0.717) is 18.1 Å². The van der Waals surface area contributed by atoms with Crippen molar-refractivity contribution in [2.75, 3.05) is 5.73 Å². The summed E-state index contributed by atoms with van der Waals surface area (Å²) in [5, 5.41) is 4.02. The Balaban J connectivity index is 1.98. The number of carbonyl (C=O) groups excluding carboxylic acids is 1. The molecule has 0 bridgehead atoms. The van der Waals surface area contributed by atoms with Crippen LogP contribution in [0.15, 0.2) is 30.6 Å². The molecule has 0 amide bonds. The lowest BCUT2D eigenvalue weighted by atomic mass is 10.0. The molecule has 0 radical (unpaired) electrons. The number of anilines is 1. The van der Waals surface area contributed by atoms with Crippen molar-refractivity contribution < 1.29 is 9.53 Å². The number of esters is 1. The average molecular weight is 274 g/mol. The molecule has 1 heterocycles. The van der Waals surface area contributed by atoms with Crippen LogP contribution in [-0.4, -0.2) is 20.7 Å². The van der Waals surface area contributed by atoms with Crippen LogP contribution in [0.3, 0.4) is 0 Å². The van der Waals surface area contributed by atoms with Crippen molar-refractivity contribution in [1.29, 1.82) is 0 Å². The number of rotatable bonds is 5. The zero-order chi connectivity index (χ0) is 14.5. The van der Waals surface area contributed by atoms with Crippen molar-refractivity contribution in [2.24, 2.45) is 0 Å². The standard InChI is InChI=1S/C14H18N4O2/c1-3-18-13(16-9-17-18)8-20-14(19)10(2)11-5-4-6-12(15)7-11/h4-7,9-10H,3,8,15H2,1-2H3. The van der Waals surface area contributed by atoms with Crippen molar-refractivity contribution in [3.05, 3.63) is 42.0 Å². The molecule has 2 N–H and O–H groups in total. The van der Waals surface area contributed by atoms with Gasteiger partial charge >= 0.3 is 5.97 Å². The Kier molecular flexibility index (Phi) is 4.34. The smallest absolute Gasteiger partial charge is 0.313 e. The summed E-state index contributed by atoms with van der Waals surface area (Å²) < 4.78 is 6.97. The average Bonchev–Trinajstić information content (AvgIpc) is 2.91. The van der Waals surface area contributed by atoms with E-state index in [1.54, 1.807) is 23.7 Å². The fraction of sp³-hybridized carbons (Fsp3) is 0.357. The van der Waals surface area contributed by atoms with E-state index in [1.165, 1.54) is 6.33 Å². The second kappa shape index (κ2) is 6.18. The third kappa shape index (κ3) is 3.14. The number of aryl methyl sites for hydroxylation is 1. The normalized spacial score (nSPS) is 12.1. The fourth-order valence-corrected chi connectivity index (χ4v) is 1.89. The summed E-state index contributed by atoms with van der Waals surface area (Å²) in [6.07, 6.45) is 1.45. The van der Waals surface area contributed by atoms with Gasteiger partial charge in [0.1, 0.15) is 6.33 Å². The van der Waals surface area contributed by atoms with Gasteiger partial charge in [-0.25, -0.2) is 9.67 Å². The van der Waals surface area contributed by atoms with Crippen LogP contribution in [0.25, 0.3) is 0 Å². The van der Waals surface area contributed by atoms with Gasteiger partial charge in [-0.1, -0.05) is 12.1 Å². The van der Waals surface area contributed by atoms with E-state index < -0.39 is 0 Å². The van der Waals surface area contributed by atoms with E-state index in [4.69, 9.17) is 10.5 Å². The van der Waals surface area contributed by atoms with Gasteiger partial charge in [-0.05, 0) is 31.5 Å². The number of hydrogen-bond acceptors (Lipinski definition) is 5. The van der Waals surface area contributed by atoms with Crippen LogP contribution in [0.5, 0.6) is 0 Å². The first-order chi connectivity index (χ1) is 9.61. The molecule has 0 aliphatic heterocycles. The van der Waals surface area contributed by atoms with Gasteiger partial charge < -0.3 is 10.5 Å². The fourth-order valence-electron chi connectivity index (χ4n) is 1.89. The number of ether oxygens (including phenoxy) is 1.